The highest BCUT2D eigenvalue weighted by Gasteiger charge is 2.19. The van der Waals surface area contributed by atoms with Crippen LogP contribution in [0.2, 0.25) is 0 Å². The number of piperidine rings is 1. The maximum atomic E-state index is 5.63. The molecule has 0 unspecified atom stereocenters. The molecule has 19 heavy (non-hydrogen) atoms. The topological polar surface area (TPSA) is 55.0 Å². The Kier molecular flexibility index (Phi) is 5.14. The standard InChI is InChI=1S/C15H26N4/c1-12(2)11-14-3-4-15(18-17-14)19-9-6-13(5-8-16)7-10-19/h3-4,12-13H,5-11,16H2,1-2H3. The Balaban J connectivity index is 1.89. The van der Waals surface area contributed by atoms with E-state index in [0.717, 1.165) is 49.9 Å². The van der Waals surface area contributed by atoms with Gasteiger partial charge in [-0.1, -0.05) is 13.8 Å². The van der Waals surface area contributed by atoms with Crippen molar-refractivity contribution in [2.45, 2.75) is 39.5 Å². The van der Waals surface area contributed by atoms with E-state index >= 15 is 0 Å². The van der Waals surface area contributed by atoms with E-state index in [-0.39, 0.29) is 0 Å². The molecule has 2 rings (SSSR count). The second-order valence-electron chi connectivity index (χ2n) is 5.99. The van der Waals surface area contributed by atoms with E-state index in [0.29, 0.717) is 5.92 Å². The summed E-state index contributed by atoms with van der Waals surface area (Å²) < 4.78 is 0. The van der Waals surface area contributed by atoms with Gasteiger partial charge in [0, 0.05) is 13.1 Å². The zero-order chi connectivity index (χ0) is 13.7. The van der Waals surface area contributed by atoms with Crippen molar-refractivity contribution in [1.29, 1.82) is 0 Å². The average Bonchev–Trinajstić information content (AvgIpc) is 2.40. The molecule has 1 aromatic rings. The second kappa shape index (κ2) is 6.85. The van der Waals surface area contributed by atoms with Gasteiger partial charge in [-0.15, -0.1) is 5.10 Å². The zero-order valence-corrected chi connectivity index (χ0v) is 12.2. The smallest absolute Gasteiger partial charge is 0.151 e. The minimum Gasteiger partial charge on any atom is -0.355 e. The van der Waals surface area contributed by atoms with Gasteiger partial charge in [0.1, 0.15) is 0 Å². The third-order valence-electron chi connectivity index (χ3n) is 3.84. The molecular formula is C15H26N4. The SMILES string of the molecule is CC(C)Cc1ccc(N2CCC(CCN)CC2)nn1. The van der Waals surface area contributed by atoms with Crippen molar-refractivity contribution in [3.8, 4) is 0 Å². The van der Waals surface area contributed by atoms with E-state index in [9.17, 15) is 0 Å². The fourth-order valence-corrected chi connectivity index (χ4v) is 2.74. The highest BCUT2D eigenvalue weighted by Crippen LogP contribution is 2.23. The van der Waals surface area contributed by atoms with Crippen molar-refractivity contribution in [1.82, 2.24) is 10.2 Å². The monoisotopic (exact) mass is 262 g/mol. The van der Waals surface area contributed by atoms with Gasteiger partial charge in [0.15, 0.2) is 5.82 Å². The third-order valence-corrected chi connectivity index (χ3v) is 3.84. The van der Waals surface area contributed by atoms with Crippen molar-refractivity contribution in [3.63, 3.8) is 0 Å². The summed E-state index contributed by atoms with van der Waals surface area (Å²) >= 11 is 0. The number of anilines is 1. The van der Waals surface area contributed by atoms with Crippen LogP contribution in [0, 0.1) is 11.8 Å². The lowest BCUT2D eigenvalue weighted by Crippen LogP contribution is -2.35. The maximum Gasteiger partial charge on any atom is 0.151 e. The normalized spacial score (nSPS) is 17.2. The number of hydrogen-bond acceptors (Lipinski definition) is 4. The number of hydrogen-bond donors (Lipinski definition) is 1. The van der Waals surface area contributed by atoms with Crippen LogP contribution in [0.1, 0.15) is 38.8 Å². The first-order valence-electron chi connectivity index (χ1n) is 7.46. The lowest BCUT2D eigenvalue weighted by atomic mass is 9.94. The first-order valence-corrected chi connectivity index (χ1v) is 7.46. The lowest BCUT2D eigenvalue weighted by Gasteiger charge is -2.32. The van der Waals surface area contributed by atoms with Gasteiger partial charge in [0.05, 0.1) is 5.69 Å². The van der Waals surface area contributed by atoms with Crippen molar-refractivity contribution < 1.29 is 0 Å². The molecule has 106 valence electrons. The van der Waals surface area contributed by atoms with Crippen molar-refractivity contribution in [3.05, 3.63) is 17.8 Å². The molecule has 1 aromatic heterocycles. The van der Waals surface area contributed by atoms with Crippen LogP contribution in [0.25, 0.3) is 0 Å². The quantitative estimate of drug-likeness (QED) is 0.884. The summed E-state index contributed by atoms with van der Waals surface area (Å²) in [5.74, 6) is 2.46. The van der Waals surface area contributed by atoms with E-state index in [1.807, 2.05) is 0 Å². The summed E-state index contributed by atoms with van der Waals surface area (Å²) in [5.41, 5.74) is 6.72. The first kappa shape index (κ1) is 14.3. The van der Waals surface area contributed by atoms with Gasteiger partial charge in [0.2, 0.25) is 0 Å². The Morgan fingerprint density at radius 3 is 2.53 bits per heavy atom. The zero-order valence-electron chi connectivity index (χ0n) is 12.2. The summed E-state index contributed by atoms with van der Waals surface area (Å²) in [6.45, 7) is 7.40. The van der Waals surface area contributed by atoms with Crippen LogP contribution in [0.4, 0.5) is 5.82 Å². The molecule has 1 aliphatic rings. The van der Waals surface area contributed by atoms with Gasteiger partial charge >= 0.3 is 0 Å². The van der Waals surface area contributed by atoms with E-state index in [4.69, 9.17) is 5.73 Å². The van der Waals surface area contributed by atoms with Gasteiger partial charge in [0.25, 0.3) is 0 Å². The van der Waals surface area contributed by atoms with Gasteiger partial charge in [-0.05, 0) is 56.2 Å². The summed E-state index contributed by atoms with van der Waals surface area (Å²) in [6.07, 6.45) is 4.62. The minimum atomic E-state index is 0.632. The molecule has 4 heteroatoms. The van der Waals surface area contributed by atoms with Crippen LogP contribution in [-0.2, 0) is 6.42 Å². The molecule has 1 aliphatic heterocycles. The predicted molar refractivity (Wildman–Crippen MR) is 79.2 cm³/mol. The Bertz CT molecular complexity index is 366. The Morgan fingerprint density at radius 2 is 2.00 bits per heavy atom. The molecule has 2 heterocycles. The summed E-state index contributed by atoms with van der Waals surface area (Å²) in [5, 5.41) is 8.72. The maximum absolute atomic E-state index is 5.63. The Hall–Kier alpha value is -1.16. The van der Waals surface area contributed by atoms with Gasteiger partial charge in [-0.3, -0.25) is 0 Å². The molecule has 1 fully saturated rings. The minimum absolute atomic E-state index is 0.632. The molecule has 0 amide bonds. The van der Waals surface area contributed by atoms with E-state index in [1.165, 1.54) is 12.8 Å². The highest BCUT2D eigenvalue weighted by molar-refractivity contribution is 5.37. The third kappa shape index (κ3) is 4.16. The largest absolute Gasteiger partial charge is 0.355 e. The van der Waals surface area contributed by atoms with E-state index in [1.54, 1.807) is 0 Å². The second-order valence-corrected chi connectivity index (χ2v) is 5.99. The highest BCUT2D eigenvalue weighted by atomic mass is 15.3. The molecule has 0 aliphatic carbocycles. The van der Waals surface area contributed by atoms with Gasteiger partial charge in [-0.2, -0.15) is 5.10 Å². The first-order chi connectivity index (χ1) is 9.19. The number of aromatic nitrogens is 2. The number of rotatable bonds is 5. The van der Waals surface area contributed by atoms with Crippen molar-refractivity contribution in [2.75, 3.05) is 24.5 Å². The molecule has 4 nitrogen and oxygen atoms in total. The molecule has 0 aromatic carbocycles. The Morgan fingerprint density at radius 1 is 1.26 bits per heavy atom. The average molecular weight is 262 g/mol. The summed E-state index contributed by atoms with van der Waals surface area (Å²) in [6, 6.07) is 4.24. The van der Waals surface area contributed by atoms with Crippen molar-refractivity contribution in [2.24, 2.45) is 17.6 Å². The van der Waals surface area contributed by atoms with Crippen LogP contribution in [0.5, 0.6) is 0 Å². The van der Waals surface area contributed by atoms with Gasteiger partial charge in [-0.25, -0.2) is 0 Å². The molecule has 0 radical (unpaired) electrons. The fourth-order valence-electron chi connectivity index (χ4n) is 2.74. The number of nitrogens with two attached hydrogens (primary N) is 1. The molecule has 0 bridgehead atoms. The predicted octanol–water partition coefficient (Wildman–Crippen LogP) is 2.24. The van der Waals surface area contributed by atoms with Crippen LogP contribution in [0.3, 0.4) is 0 Å². The van der Waals surface area contributed by atoms with Crippen LogP contribution >= 0.6 is 0 Å². The number of nitrogens with zero attached hydrogens (tertiary/aromatic N) is 3. The molecule has 0 saturated carbocycles. The molecule has 0 spiro atoms. The molecule has 1 saturated heterocycles. The van der Waals surface area contributed by atoms with Crippen LogP contribution in [0.15, 0.2) is 12.1 Å². The fraction of sp³-hybridized carbons (Fsp3) is 0.733. The molecular weight excluding hydrogens is 236 g/mol. The van der Waals surface area contributed by atoms with Crippen molar-refractivity contribution >= 4 is 5.82 Å². The van der Waals surface area contributed by atoms with Crippen LogP contribution < -0.4 is 10.6 Å². The summed E-state index contributed by atoms with van der Waals surface area (Å²) in [4.78, 5) is 2.35. The molecule has 0 atom stereocenters. The van der Waals surface area contributed by atoms with Gasteiger partial charge < -0.3 is 10.6 Å². The summed E-state index contributed by atoms with van der Waals surface area (Å²) in [7, 11) is 0. The van der Waals surface area contributed by atoms with E-state index < -0.39 is 0 Å². The Labute approximate surface area is 116 Å². The van der Waals surface area contributed by atoms with E-state index in [2.05, 4.69) is 41.1 Å². The van der Waals surface area contributed by atoms with Crippen LogP contribution in [-0.4, -0.2) is 29.8 Å². The molecule has 2 N–H and O–H groups in total. The lowest BCUT2D eigenvalue weighted by molar-refractivity contribution is 0.384.